The van der Waals surface area contributed by atoms with Gasteiger partial charge in [0.25, 0.3) is 0 Å². The fourth-order valence-electron chi connectivity index (χ4n) is 3.99. The molecular weight excluding hydrogens is 472 g/mol. The first kappa shape index (κ1) is 25.9. The number of halogens is 1. The van der Waals surface area contributed by atoms with E-state index in [0.717, 1.165) is 27.9 Å². The summed E-state index contributed by atoms with van der Waals surface area (Å²) in [5.41, 5.74) is 5.28. The molecule has 0 aliphatic carbocycles. The number of aromatic nitrogens is 1. The summed E-state index contributed by atoms with van der Waals surface area (Å²) in [7, 11) is -3.95. The Morgan fingerprint density at radius 1 is 1.09 bits per heavy atom. The average Bonchev–Trinajstić information content (AvgIpc) is 2.79. The molecule has 0 saturated heterocycles. The summed E-state index contributed by atoms with van der Waals surface area (Å²) in [6.07, 6.45) is 1.84. The van der Waals surface area contributed by atoms with Gasteiger partial charge >= 0.3 is 5.97 Å². The molecule has 3 aromatic rings. The molecule has 2 aromatic carbocycles. The van der Waals surface area contributed by atoms with E-state index in [9.17, 15) is 13.2 Å². The number of carboxylic acid groups (broad SMARTS) is 1. The minimum absolute atomic E-state index is 0.0688. The maximum Gasteiger partial charge on any atom is 0.303 e. The van der Waals surface area contributed by atoms with Gasteiger partial charge in [0.2, 0.25) is 10.0 Å². The lowest BCUT2D eigenvalue weighted by Gasteiger charge is -2.30. The van der Waals surface area contributed by atoms with Gasteiger partial charge in [-0.3, -0.25) is 9.78 Å². The standard InChI is InChI=1S/C26H29ClN2O4S/c1-17-19(3)28-14-13-23(17)22-9-5-8-21(16-22)20(4)29(15-7-12-26(30)31)34(32,33)25-11-6-10-24(27)18(25)2/h5-6,8-11,13-14,16,20H,7,12,15H2,1-4H3,(H,30,31)/t20-/m0/s1. The number of sulfonamides is 1. The summed E-state index contributed by atoms with van der Waals surface area (Å²) in [6.45, 7) is 7.53. The molecular formula is C26H29ClN2O4S. The van der Waals surface area contributed by atoms with Crippen molar-refractivity contribution in [2.45, 2.75) is 51.5 Å². The van der Waals surface area contributed by atoms with Crippen LogP contribution in [0.5, 0.6) is 0 Å². The van der Waals surface area contributed by atoms with E-state index in [2.05, 4.69) is 4.98 Å². The largest absolute Gasteiger partial charge is 0.481 e. The van der Waals surface area contributed by atoms with E-state index in [4.69, 9.17) is 16.7 Å². The molecule has 0 bridgehead atoms. The Morgan fingerprint density at radius 3 is 2.50 bits per heavy atom. The van der Waals surface area contributed by atoms with E-state index in [1.54, 1.807) is 25.3 Å². The summed E-state index contributed by atoms with van der Waals surface area (Å²) in [4.78, 5) is 15.6. The Balaban J connectivity index is 2.05. The first-order valence-corrected chi connectivity index (χ1v) is 12.9. The number of benzene rings is 2. The number of aryl methyl sites for hydroxylation is 1. The van der Waals surface area contributed by atoms with Gasteiger partial charge in [-0.05, 0) is 86.2 Å². The zero-order chi connectivity index (χ0) is 25.0. The van der Waals surface area contributed by atoms with E-state index >= 15 is 0 Å². The SMILES string of the molecule is Cc1nccc(-c2cccc([C@H](C)N(CCCC(=O)O)S(=O)(=O)c3cccc(Cl)c3C)c2)c1C. The number of rotatable bonds is 9. The van der Waals surface area contributed by atoms with E-state index in [-0.39, 0.29) is 24.3 Å². The van der Waals surface area contributed by atoms with Crippen LogP contribution in [0.3, 0.4) is 0 Å². The Labute approximate surface area is 206 Å². The highest BCUT2D eigenvalue weighted by molar-refractivity contribution is 7.89. The molecule has 1 N–H and O–H groups in total. The van der Waals surface area contributed by atoms with Crippen LogP contribution in [0.4, 0.5) is 0 Å². The topological polar surface area (TPSA) is 87.6 Å². The predicted octanol–water partition coefficient (Wildman–Crippen LogP) is 5.94. The van der Waals surface area contributed by atoms with Crippen LogP contribution in [0, 0.1) is 20.8 Å². The molecule has 0 saturated carbocycles. The number of hydrogen-bond donors (Lipinski definition) is 1. The summed E-state index contributed by atoms with van der Waals surface area (Å²) >= 11 is 6.22. The van der Waals surface area contributed by atoms with Gasteiger partial charge in [-0.2, -0.15) is 4.31 Å². The van der Waals surface area contributed by atoms with Gasteiger partial charge in [0.05, 0.1) is 4.90 Å². The van der Waals surface area contributed by atoms with Crippen molar-refractivity contribution in [2.75, 3.05) is 6.54 Å². The fourth-order valence-corrected chi connectivity index (χ4v) is 6.13. The van der Waals surface area contributed by atoms with Crippen molar-refractivity contribution in [3.05, 3.63) is 82.1 Å². The van der Waals surface area contributed by atoms with Gasteiger partial charge in [0, 0.05) is 35.9 Å². The van der Waals surface area contributed by atoms with E-state index in [1.165, 1.54) is 10.4 Å². The molecule has 0 aliphatic rings. The van der Waals surface area contributed by atoms with Crippen LogP contribution in [0.2, 0.25) is 5.02 Å². The third kappa shape index (κ3) is 5.49. The normalized spacial score (nSPS) is 12.6. The van der Waals surface area contributed by atoms with Crippen LogP contribution >= 0.6 is 11.6 Å². The summed E-state index contributed by atoms with van der Waals surface area (Å²) in [5.74, 6) is -0.963. The molecule has 8 heteroatoms. The summed E-state index contributed by atoms with van der Waals surface area (Å²) < 4.78 is 28.9. The van der Waals surface area contributed by atoms with E-state index < -0.39 is 22.0 Å². The average molecular weight is 501 g/mol. The van der Waals surface area contributed by atoms with Gasteiger partial charge in [-0.25, -0.2) is 8.42 Å². The highest BCUT2D eigenvalue weighted by atomic mass is 35.5. The molecule has 1 aromatic heterocycles. The maximum atomic E-state index is 13.8. The lowest BCUT2D eigenvalue weighted by Crippen LogP contribution is -2.35. The quantitative estimate of drug-likeness (QED) is 0.392. The van der Waals surface area contributed by atoms with Crippen LogP contribution < -0.4 is 0 Å². The van der Waals surface area contributed by atoms with Crippen molar-refractivity contribution in [1.82, 2.24) is 9.29 Å². The van der Waals surface area contributed by atoms with Crippen molar-refractivity contribution in [1.29, 1.82) is 0 Å². The zero-order valence-electron chi connectivity index (χ0n) is 19.7. The molecule has 1 heterocycles. The Hall–Kier alpha value is -2.74. The Kier molecular flexibility index (Phi) is 8.13. The Morgan fingerprint density at radius 2 is 1.79 bits per heavy atom. The minimum atomic E-state index is -3.95. The lowest BCUT2D eigenvalue weighted by atomic mass is 9.97. The molecule has 0 unspecified atom stereocenters. The highest BCUT2D eigenvalue weighted by Crippen LogP contribution is 2.33. The van der Waals surface area contributed by atoms with Gasteiger partial charge in [0.15, 0.2) is 0 Å². The maximum absolute atomic E-state index is 13.8. The second-order valence-corrected chi connectivity index (χ2v) is 10.6. The molecule has 0 radical (unpaired) electrons. The smallest absolute Gasteiger partial charge is 0.303 e. The van der Waals surface area contributed by atoms with Crippen molar-refractivity contribution >= 4 is 27.6 Å². The lowest BCUT2D eigenvalue weighted by molar-refractivity contribution is -0.137. The predicted molar refractivity (Wildman–Crippen MR) is 135 cm³/mol. The molecule has 6 nitrogen and oxygen atoms in total. The molecule has 1 atom stereocenters. The third-order valence-corrected chi connectivity index (χ3v) is 8.67. The van der Waals surface area contributed by atoms with Gasteiger partial charge in [-0.1, -0.05) is 35.9 Å². The molecule has 180 valence electrons. The molecule has 0 aliphatic heterocycles. The fraction of sp³-hybridized carbons (Fsp3) is 0.308. The van der Waals surface area contributed by atoms with Crippen molar-refractivity contribution in [3.8, 4) is 11.1 Å². The van der Waals surface area contributed by atoms with Gasteiger partial charge < -0.3 is 5.11 Å². The molecule has 3 rings (SSSR count). The van der Waals surface area contributed by atoms with Crippen molar-refractivity contribution in [2.24, 2.45) is 0 Å². The molecule has 0 amide bonds. The van der Waals surface area contributed by atoms with E-state index in [1.807, 2.05) is 51.1 Å². The van der Waals surface area contributed by atoms with Gasteiger partial charge in [0.1, 0.15) is 0 Å². The number of carboxylic acids is 1. The Bertz CT molecular complexity index is 1310. The number of carbonyl (C=O) groups is 1. The van der Waals surface area contributed by atoms with Crippen LogP contribution in [-0.4, -0.2) is 35.3 Å². The zero-order valence-corrected chi connectivity index (χ0v) is 21.3. The molecule has 34 heavy (non-hydrogen) atoms. The summed E-state index contributed by atoms with van der Waals surface area (Å²) in [5, 5.41) is 9.47. The monoisotopic (exact) mass is 500 g/mol. The van der Waals surface area contributed by atoms with Crippen LogP contribution in [0.15, 0.2) is 59.6 Å². The molecule has 0 spiro atoms. The number of pyridine rings is 1. The first-order valence-electron chi connectivity index (χ1n) is 11.0. The molecule has 0 fully saturated rings. The van der Waals surface area contributed by atoms with Crippen molar-refractivity contribution < 1.29 is 18.3 Å². The highest BCUT2D eigenvalue weighted by Gasteiger charge is 2.31. The van der Waals surface area contributed by atoms with E-state index in [0.29, 0.717) is 10.6 Å². The second kappa shape index (κ2) is 10.7. The third-order valence-electron chi connectivity index (χ3n) is 6.14. The van der Waals surface area contributed by atoms with Crippen LogP contribution in [0.25, 0.3) is 11.1 Å². The van der Waals surface area contributed by atoms with Gasteiger partial charge in [-0.15, -0.1) is 0 Å². The van der Waals surface area contributed by atoms with Crippen LogP contribution in [0.1, 0.15) is 48.2 Å². The first-order chi connectivity index (χ1) is 16.0. The summed E-state index contributed by atoms with van der Waals surface area (Å²) in [6, 6.07) is 14.0. The number of hydrogen-bond acceptors (Lipinski definition) is 4. The minimum Gasteiger partial charge on any atom is -0.481 e. The number of nitrogens with zero attached hydrogens (tertiary/aromatic N) is 2. The number of aliphatic carboxylic acids is 1. The second-order valence-electron chi connectivity index (χ2n) is 8.35. The van der Waals surface area contributed by atoms with Crippen molar-refractivity contribution in [3.63, 3.8) is 0 Å². The van der Waals surface area contributed by atoms with Crippen LogP contribution in [-0.2, 0) is 14.8 Å².